The molecular weight excluding hydrogens is 355 g/mol. The van der Waals surface area contributed by atoms with E-state index in [0.717, 1.165) is 49.0 Å². The summed E-state index contributed by atoms with van der Waals surface area (Å²) in [6, 6.07) is 11.0. The molecule has 0 aromatic heterocycles. The van der Waals surface area contributed by atoms with Gasteiger partial charge in [0.15, 0.2) is 0 Å². The van der Waals surface area contributed by atoms with Gasteiger partial charge in [-0.05, 0) is 68.5 Å². The third-order valence-corrected chi connectivity index (χ3v) is 6.03. The number of nitrogens with zero attached hydrogens (tertiary/aromatic N) is 1. The number of ether oxygens (including phenoxy) is 1. The Hall–Kier alpha value is -2.40. The Labute approximate surface area is 165 Å². The van der Waals surface area contributed by atoms with Gasteiger partial charge in [-0.1, -0.05) is 18.2 Å². The van der Waals surface area contributed by atoms with Gasteiger partial charge in [0.1, 0.15) is 11.6 Å². The lowest BCUT2D eigenvalue weighted by molar-refractivity contribution is 0.0730. The number of amides is 1. The molecule has 1 N–H and O–H groups in total. The number of methoxy groups -OCH3 is 1. The zero-order valence-electron chi connectivity index (χ0n) is 16.3. The van der Waals surface area contributed by atoms with Crippen molar-refractivity contribution in [3.05, 3.63) is 64.5 Å². The Morgan fingerprint density at radius 1 is 1.18 bits per heavy atom. The molecular formula is C23H27FN2O2. The zero-order valence-corrected chi connectivity index (χ0v) is 16.3. The molecule has 0 unspecified atom stereocenters. The van der Waals surface area contributed by atoms with E-state index in [9.17, 15) is 9.18 Å². The van der Waals surface area contributed by atoms with Crippen molar-refractivity contribution in [2.75, 3.05) is 26.7 Å². The molecule has 0 atom stereocenters. The Bertz CT molecular complexity index is 862. The Kier molecular flexibility index (Phi) is 5.62. The summed E-state index contributed by atoms with van der Waals surface area (Å²) in [7, 11) is 1.60. The lowest BCUT2D eigenvalue weighted by atomic mass is 9.88. The number of benzene rings is 2. The number of carbonyl (C=O) groups excluding carboxylic acids is 1. The Morgan fingerprint density at radius 2 is 1.96 bits per heavy atom. The summed E-state index contributed by atoms with van der Waals surface area (Å²) in [6.07, 6.45) is 3.82. The molecule has 2 aliphatic rings. The van der Waals surface area contributed by atoms with E-state index in [-0.39, 0.29) is 11.7 Å². The van der Waals surface area contributed by atoms with Crippen LogP contribution < -0.4 is 10.1 Å². The van der Waals surface area contributed by atoms with Crippen molar-refractivity contribution in [2.24, 2.45) is 5.92 Å². The van der Waals surface area contributed by atoms with Crippen LogP contribution in [-0.2, 0) is 19.4 Å². The normalized spacial score (nSPS) is 17.3. The minimum absolute atomic E-state index is 0.00240. The van der Waals surface area contributed by atoms with Gasteiger partial charge < -0.3 is 15.0 Å². The van der Waals surface area contributed by atoms with Crippen LogP contribution in [0, 0.1) is 11.7 Å². The quantitative estimate of drug-likeness (QED) is 0.879. The molecule has 5 heteroatoms. The van der Waals surface area contributed by atoms with Crippen LogP contribution in [0.15, 0.2) is 36.4 Å². The van der Waals surface area contributed by atoms with Gasteiger partial charge in [-0.2, -0.15) is 0 Å². The number of halogens is 1. The van der Waals surface area contributed by atoms with Crippen LogP contribution in [0.1, 0.15) is 39.9 Å². The lowest BCUT2D eigenvalue weighted by Gasteiger charge is -2.31. The third-order valence-electron chi connectivity index (χ3n) is 6.03. The molecule has 2 aromatic rings. The van der Waals surface area contributed by atoms with Crippen LogP contribution in [0.4, 0.5) is 4.39 Å². The highest BCUT2D eigenvalue weighted by atomic mass is 19.1. The van der Waals surface area contributed by atoms with Gasteiger partial charge in [-0.15, -0.1) is 0 Å². The van der Waals surface area contributed by atoms with Crippen LogP contribution in [0.3, 0.4) is 0 Å². The van der Waals surface area contributed by atoms with E-state index in [2.05, 4.69) is 11.4 Å². The number of rotatable bonds is 4. The van der Waals surface area contributed by atoms with Crippen molar-refractivity contribution < 1.29 is 13.9 Å². The highest BCUT2D eigenvalue weighted by molar-refractivity contribution is 5.95. The van der Waals surface area contributed by atoms with Crippen molar-refractivity contribution in [3.8, 4) is 5.75 Å². The molecule has 2 aliphatic heterocycles. The monoisotopic (exact) mass is 382 g/mol. The third kappa shape index (κ3) is 3.76. The fourth-order valence-electron chi connectivity index (χ4n) is 4.44. The Balaban J connectivity index is 1.56. The summed E-state index contributed by atoms with van der Waals surface area (Å²) in [6.45, 7) is 2.96. The van der Waals surface area contributed by atoms with E-state index in [4.69, 9.17) is 4.74 Å². The number of fused-ring (bicyclic) bond motifs is 1. The maximum absolute atomic E-state index is 14.4. The fourth-order valence-corrected chi connectivity index (χ4v) is 4.44. The second-order valence-electron chi connectivity index (χ2n) is 7.74. The number of hydrogen-bond donors (Lipinski definition) is 1. The van der Waals surface area contributed by atoms with E-state index < -0.39 is 0 Å². The molecule has 0 aliphatic carbocycles. The first-order valence-corrected chi connectivity index (χ1v) is 10.1. The summed E-state index contributed by atoms with van der Waals surface area (Å²) < 4.78 is 19.8. The van der Waals surface area contributed by atoms with Crippen molar-refractivity contribution in [2.45, 2.75) is 32.2 Å². The van der Waals surface area contributed by atoms with E-state index in [0.29, 0.717) is 36.7 Å². The standard InChI is InChI=1S/C23H27FN2O2/c1-28-22-7-6-21(24)20-15-26(13-10-19(20)22)23(27)18-5-3-2-4-17(18)14-16-8-11-25-12-9-16/h2-7,16,25H,8-15H2,1H3. The summed E-state index contributed by atoms with van der Waals surface area (Å²) >= 11 is 0. The molecule has 28 heavy (non-hydrogen) atoms. The summed E-state index contributed by atoms with van der Waals surface area (Å²) in [4.78, 5) is 15.1. The maximum Gasteiger partial charge on any atom is 0.254 e. The first-order valence-electron chi connectivity index (χ1n) is 10.1. The zero-order chi connectivity index (χ0) is 19.5. The average molecular weight is 382 g/mol. The van der Waals surface area contributed by atoms with Gasteiger partial charge in [-0.25, -0.2) is 4.39 Å². The number of hydrogen-bond acceptors (Lipinski definition) is 3. The molecule has 0 bridgehead atoms. The van der Waals surface area contributed by atoms with Gasteiger partial charge in [-0.3, -0.25) is 4.79 Å². The molecule has 4 nitrogen and oxygen atoms in total. The second-order valence-corrected chi connectivity index (χ2v) is 7.74. The number of piperidine rings is 1. The number of carbonyl (C=O) groups is 1. The second kappa shape index (κ2) is 8.31. The maximum atomic E-state index is 14.4. The van der Waals surface area contributed by atoms with Crippen LogP contribution in [0.25, 0.3) is 0 Å². The van der Waals surface area contributed by atoms with Crippen LogP contribution in [0.2, 0.25) is 0 Å². The van der Waals surface area contributed by atoms with E-state index in [1.165, 1.54) is 6.07 Å². The highest BCUT2D eigenvalue weighted by Crippen LogP contribution is 2.31. The van der Waals surface area contributed by atoms with Gasteiger partial charge in [0, 0.05) is 29.8 Å². The predicted octanol–water partition coefficient (Wildman–Crippen LogP) is 3.57. The Morgan fingerprint density at radius 3 is 2.75 bits per heavy atom. The molecule has 1 saturated heterocycles. The van der Waals surface area contributed by atoms with Gasteiger partial charge in [0.05, 0.1) is 7.11 Å². The van der Waals surface area contributed by atoms with Crippen LogP contribution in [0.5, 0.6) is 5.75 Å². The molecule has 4 rings (SSSR count). The molecule has 2 heterocycles. The summed E-state index contributed by atoms with van der Waals surface area (Å²) in [5.74, 6) is 1.04. The van der Waals surface area contributed by atoms with Crippen LogP contribution >= 0.6 is 0 Å². The number of nitrogens with one attached hydrogen (secondary N) is 1. The van der Waals surface area contributed by atoms with E-state index in [1.54, 1.807) is 18.1 Å². The first-order chi connectivity index (χ1) is 13.7. The largest absolute Gasteiger partial charge is 0.496 e. The predicted molar refractivity (Wildman–Crippen MR) is 107 cm³/mol. The van der Waals surface area contributed by atoms with Crippen molar-refractivity contribution in [1.82, 2.24) is 10.2 Å². The minimum Gasteiger partial charge on any atom is -0.496 e. The summed E-state index contributed by atoms with van der Waals surface area (Å²) in [5.41, 5.74) is 3.33. The molecule has 0 radical (unpaired) electrons. The van der Waals surface area contributed by atoms with E-state index >= 15 is 0 Å². The fraction of sp³-hybridized carbons (Fsp3) is 0.435. The lowest BCUT2D eigenvalue weighted by Crippen LogP contribution is -2.37. The average Bonchev–Trinajstić information content (AvgIpc) is 2.74. The first kappa shape index (κ1) is 18.9. The molecule has 0 saturated carbocycles. The molecule has 0 spiro atoms. The van der Waals surface area contributed by atoms with E-state index in [1.807, 2.05) is 18.2 Å². The molecule has 148 valence electrons. The van der Waals surface area contributed by atoms with Gasteiger partial charge in [0.25, 0.3) is 5.91 Å². The van der Waals surface area contributed by atoms with Crippen LogP contribution in [-0.4, -0.2) is 37.6 Å². The van der Waals surface area contributed by atoms with Gasteiger partial charge >= 0.3 is 0 Å². The van der Waals surface area contributed by atoms with Gasteiger partial charge in [0.2, 0.25) is 0 Å². The molecule has 2 aromatic carbocycles. The topological polar surface area (TPSA) is 41.6 Å². The SMILES string of the molecule is COc1ccc(F)c2c1CCN(C(=O)c1ccccc1CC1CCNCC1)C2. The molecule has 1 fully saturated rings. The smallest absolute Gasteiger partial charge is 0.254 e. The molecule has 1 amide bonds. The highest BCUT2D eigenvalue weighted by Gasteiger charge is 2.27. The minimum atomic E-state index is -0.267. The van der Waals surface area contributed by atoms with Crippen molar-refractivity contribution in [1.29, 1.82) is 0 Å². The van der Waals surface area contributed by atoms with Crippen molar-refractivity contribution >= 4 is 5.91 Å². The van der Waals surface area contributed by atoms with Crippen molar-refractivity contribution in [3.63, 3.8) is 0 Å². The summed E-state index contributed by atoms with van der Waals surface area (Å²) in [5, 5.41) is 3.39.